The molecule has 1 saturated heterocycles. The molecule has 2 aliphatic rings. The Kier molecular flexibility index (Phi) is 4.84. The van der Waals surface area contributed by atoms with Crippen LogP contribution in [0.2, 0.25) is 0 Å². The largest absolute Gasteiger partial charge is 0.298 e. The summed E-state index contributed by atoms with van der Waals surface area (Å²) in [7, 11) is -1.30. The van der Waals surface area contributed by atoms with Crippen LogP contribution in [0.5, 0.6) is 0 Å². The normalized spacial score (nSPS) is 24.9. The second-order valence-corrected chi connectivity index (χ2v) is 8.66. The molecule has 1 aromatic heterocycles. The van der Waals surface area contributed by atoms with Gasteiger partial charge in [-0.1, -0.05) is 12.8 Å². The molecular formula is C15H26N4O2S. The van der Waals surface area contributed by atoms with Gasteiger partial charge in [-0.05, 0) is 32.2 Å². The van der Waals surface area contributed by atoms with E-state index in [-0.39, 0.29) is 11.3 Å². The maximum Gasteiger partial charge on any atom is 0.215 e. The van der Waals surface area contributed by atoms with Crippen molar-refractivity contribution >= 4 is 10.0 Å². The van der Waals surface area contributed by atoms with Gasteiger partial charge in [0, 0.05) is 37.9 Å². The highest BCUT2D eigenvalue weighted by atomic mass is 32.2. The minimum Gasteiger partial charge on any atom is -0.298 e. The topological polar surface area (TPSA) is 67.2 Å². The number of hydrogen-bond acceptors (Lipinski definition) is 4. The fourth-order valence-electron chi connectivity index (χ4n) is 3.59. The SMILES string of the molecule is Cn1cc(CN2CCC[C@H](S(=O)(=O)NC3CCCC3)C2)cn1. The van der Waals surface area contributed by atoms with E-state index >= 15 is 0 Å². The summed E-state index contributed by atoms with van der Waals surface area (Å²) in [5.41, 5.74) is 1.14. The number of nitrogens with one attached hydrogen (secondary N) is 1. The maximum absolute atomic E-state index is 12.6. The van der Waals surface area contributed by atoms with Crippen LogP contribution < -0.4 is 4.72 Å². The average Bonchev–Trinajstić information content (AvgIpc) is 3.11. The van der Waals surface area contributed by atoms with Gasteiger partial charge in [-0.2, -0.15) is 5.10 Å². The molecule has 1 aliphatic carbocycles. The molecule has 7 heteroatoms. The quantitative estimate of drug-likeness (QED) is 0.884. The van der Waals surface area contributed by atoms with E-state index in [2.05, 4.69) is 14.7 Å². The van der Waals surface area contributed by atoms with Crippen molar-refractivity contribution in [1.82, 2.24) is 19.4 Å². The lowest BCUT2D eigenvalue weighted by molar-refractivity contribution is 0.221. The molecule has 2 fully saturated rings. The number of aromatic nitrogens is 2. The van der Waals surface area contributed by atoms with Gasteiger partial charge in [-0.15, -0.1) is 0 Å². The third-order valence-electron chi connectivity index (χ3n) is 4.75. The van der Waals surface area contributed by atoms with Gasteiger partial charge in [0.2, 0.25) is 10.0 Å². The van der Waals surface area contributed by atoms with Crippen LogP contribution in [0.25, 0.3) is 0 Å². The van der Waals surface area contributed by atoms with E-state index in [1.54, 1.807) is 4.68 Å². The predicted octanol–water partition coefficient (Wildman–Crippen LogP) is 1.25. The van der Waals surface area contributed by atoms with Gasteiger partial charge in [0.1, 0.15) is 0 Å². The number of piperidine rings is 1. The molecule has 22 heavy (non-hydrogen) atoms. The van der Waals surface area contributed by atoms with Crippen LogP contribution >= 0.6 is 0 Å². The van der Waals surface area contributed by atoms with Crippen LogP contribution in [-0.2, 0) is 23.6 Å². The molecule has 1 saturated carbocycles. The average molecular weight is 326 g/mol. The molecule has 0 spiro atoms. The first-order chi connectivity index (χ1) is 10.5. The van der Waals surface area contributed by atoms with Crippen LogP contribution in [0.4, 0.5) is 0 Å². The van der Waals surface area contributed by atoms with Gasteiger partial charge in [-0.25, -0.2) is 13.1 Å². The van der Waals surface area contributed by atoms with Crippen LogP contribution in [-0.4, -0.2) is 47.5 Å². The zero-order valence-corrected chi connectivity index (χ0v) is 14.1. The Bertz CT molecular complexity index is 592. The van der Waals surface area contributed by atoms with Gasteiger partial charge in [-0.3, -0.25) is 9.58 Å². The van der Waals surface area contributed by atoms with Crippen LogP contribution in [0.1, 0.15) is 44.1 Å². The molecule has 3 rings (SSSR count). The Labute approximate surface area is 132 Å². The smallest absolute Gasteiger partial charge is 0.215 e. The number of nitrogens with zero attached hydrogens (tertiary/aromatic N) is 3. The molecule has 1 aromatic rings. The first-order valence-corrected chi connectivity index (χ1v) is 9.78. The standard InChI is InChI=1S/C15H26N4O2S/c1-18-10-13(9-16-18)11-19-8-4-7-15(12-19)22(20,21)17-14-5-2-3-6-14/h9-10,14-15,17H,2-8,11-12H2,1H3/t15-/m0/s1. The van der Waals surface area contributed by atoms with E-state index in [0.29, 0.717) is 6.54 Å². The van der Waals surface area contributed by atoms with Gasteiger partial charge in [0.15, 0.2) is 0 Å². The number of hydrogen-bond donors (Lipinski definition) is 1. The van der Waals surface area contributed by atoms with E-state index in [9.17, 15) is 8.42 Å². The van der Waals surface area contributed by atoms with Gasteiger partial charge >= 0.3 is 0 Å². The van der Waals surface area contributed by atoms with Crippen molar-refractivity contribution in [1.29, 1.82) is 0 Å². The number of aryl methyl sites for hydroxylation is 1. The lowest BCUT2D eigenvalue weighted by atomic mass is 10.1. The Hall–Kier alpha value is -0.920. The summed E-state index contributed by atoms with van der Waals surface area (Å²) in [6.07, 6.45) is 9.83. The van der Waals surface area contributed by atoms with E-state index in [1.807, 2.05) is 19.4 Å². The minimum atomic E-state index is -3.20. The van der Waals surface area contributed by atoms with Crippen molar-refractivity contribution in [2.75, 3.05) is 13.1 Å². The highest BCUT2D eigenvalue weighted by Gasteiger charge is 2.33. The van der Waals surface area contributed by atoms with E-state index in [1.165, 1.54) is 0 Å². The molecule has 0 unspecified atom stereocenters. The van der Waals surface area contributed by atoms with Crippen LogP contribution in [0.3, 0.4) is 0 Å². The van der Waals surface area contributed by atoms with Crippen molar-refractivity contribution in [3.63, 3.8) is 0 Å². The van der Waals surface area contributed by atoms with Gasteiger partial charge < -0.3 is 0 Å². The molecule has 0 radical (unpaired) electrons. The zero-order chi connectivity index (χ0) is 15.6. The molecule has 0 bridgehead atoms. The van der Waals surface area contributed by atoms with E-state index in [0.717, 1.165) is 57.2 Å². The van der Waals surface area contributed by atoms with Crippen molar-refractivity contribution in [3.8, 4) is 0 Å². The molecule has 124 valence electrons. The number of rotatable bonds is 5. The molecule has 2 heterocycles. The third kappa shape index (κ3) is 3.88. The molecule has 1 atom stereocenters. The first kappa shape index (κ1) is 16.0. The molecular weight excluding hydrogens is 300 g/mol. The number of sulfonamides is 1. The summed E-state index contributed by atoms with van der Waals surface area (Å²) in [4.78, 5) is 2.24. The second kappa shape index (κ2) is 6.68. The zero-order valence-electron chi connectivity index (χ0n) is 13.2. The summed E-state index contributed by atoms with van der Waals surface area (Å²) < 4.78 is 29.9. The van der Waals surface area contributed by atoms with Crippen LogP contribution in [0, 0.1) is 0 Å². The monoisotopic (exact) mass is 326 g/mol. The molecule has 0 aromatic carbocycles. The fraction of sp³-hybridized carbons (Fsp3) is 0.800. The minimum absolute atomic E-state index is 0.165. The third-order valence-corrected chi connectivity index (χ3v) is 6.68. The van der Waals surface area contributed by atoms with Crippen molar-refractivity contribution in [3.05, 3.63) is 18.0 Å². The van der Waals surface area contributed by atoms with Gasteiger partial charge in [0.05, 0.1) is 11.4 Å². The fourth-order valence-corrected chi connectivity index (χ4v) is 5.37. The highest BCUT2D eigenvalue weighted by Crippen LogP contribution is 2.22. The number of likely N-dealkylation sites (tertiary alicyclic amines) is 1. The molecule has 6 nitrogen and oxygen atoms in total. The van der Waals surface area contributed by atoms with E-state index in [4.69, 9.17) is 0 Å². The van der Waals surface area contributed by atoms with Crippen molar-refractivity contribution in [2.45, 2.75) is 56.4 Å². The molecule has 1 N–H and O–H groups in total. The Morgan fingerprint density at radius 3 is 2.73 bits per heavy atom. The lowest BCUT2D eigenvalue weighted by Gasteiger charge is -2.32. The van der Waals surface area contributed by atoms with Crippen molar-refractivity contribution in [2.24, 2.45) is 7.05 Å². The van der Waals surface area contributed by atoms with Crippen molar-refractivity contribution < 1.29 is 8.42 Å². The lowest BCUT2D eigenvalue weighted by Crippen LogP contribution is -2.48. The highest BCUT2D eigenvalue weighted by molar-refractivity contribution is 7.90. The molecule has 1 aliphatic heterocycles. The summed E-state index contributed by atoms with van der Waals surface area (Å²) >= 11 is 0. The second-order valence-electron chi connectivity index (χ2n) is 6.67. The first-order valence-electron chi connectivity index (χ1n) is 8.24. The predicted molar refractivity (Wildman–Crippen MR) is 85.8 cm³/mol. The Balaban J connectivity index is 1.59. The van der Waals surface area contributed by atoms with Crippen LogP contribution in [0.15, 0.2) is 12.4 Å². The summed E-state index contributed by atoms with van der Waals surface area (Å²) in [6.45, 7) is 2.37. The Morgan fingerprint density at radius 2 is 2.05 bits per heavy atom. The van der Waals surface area contributed by atoms with E-state index < -0.39 is 10.0 Å². The van der Waals surface area contributed by atoms with Gasteiger partial charge in [0.25, 0.3) is 0 Å². The Morgan fingerprint density at radius 1 is 1.27 bits per heavy atom. The molecule has 0 amide bonds. The summed E-state index contributed by atoms with van der Waals surface area (Å²) in [6, 6.07) is 0.165. The maximum atomic E-state index is 12.6. The summed E-state index contributed by atoms with van der Waals surface area (Å²) in [5, 5.41) is 3.90. The summed E-state index contributed by atoms with van der Waals surface area (Å²) in [5.74, 6) is 0.